The molecule has 1 aromatic heterocycles. The van der Waals surface area contributed by atoms with E-state index in [0.717, 1.165) is 36.1 Å². The molecule has 0 saturated carbocycles. The lowest BCUT2D eigenvalue weighted by Crippen LogP contribution is -2.41. The van der Waals surface area contributed by atoms with E-state index < -0.39 is 0 Å². The fourth-order valence-electron chi connectivity index (χ4n) is 2.81. The van der Waals surface area contributed by atoms with Gasteiger partial charge < -0.3 is 10.6 Å². The van der Waals surface area contributed by atoms with E-state index in [4.69, 9.17) is 0 Å². The highest BCUT2D eigenvalue weighted by atomic mass is 16.2. The van der Waals surface area contributed by atoms with Gasteiger partial charge in [0.05, 0.1) is 12.1 Å². The van der Waals surface area contributed by atoms with Crippen molar-refractivity contribution in [2.24, 2.45) is 0 Å². The summed E-state index contributed by atoms with van der Waals surface area (Å²) in [5.41, 5.74) is 3.42. The third-order valence-corrected chi connectivity index (χ3v) is 4.16. The van der Waals surface area contributed by atoms with Crippen molar-refractivity contribution in [2.45, 2.75) is 31.8 Å². The van der Waals surface area contributed by atoms with Gasteiger partial charge in [0.25, 0.3) is 0 Å². The van der Waals surface area contributed by atoms with E-state index in [1.807, 2.05) is 19.1 Å². The van der Waals surface area contributed by atoms with Crippen molar-refractivity contribution in [3.8, 4) is 11.1 Å². The molecule has 2 unspecified atom stereocenters. The van der Waals surface area contributed by atoms with Crippen LogP contribution in [0.25, 0.3) is 11.1 Å². The van der Waals surface area contributed by atoms with Crippen LogP contribution in [0.3, 0.4) is 0 Å². The minimum atomic E-state index is -0.0291. The number of aromatic nitrogens is 1. The van der Waals surface area contributed by atoms with E-state index in [2.05, 4.69) is 39.9 Å². The van der Waals surface area contributed by atoms with Crippen LogP contribution in [0.15, 0.2) is 48.8 Å². The maximum Gasteiger partial charge on any atom is 0.237 e. The van der Waals surface area contributed by atoms with Crippen LogP contribution in [-0.2, 0) is 4.79 Å². The Hall–Kier alpha value is -2.20. The highest BCUT2D eigenvalue weighted by Crippen LogP contribution is 2.21. The average molecular weight is 295 g/mol. The first-order valence-electron chi connectivity index (χ1n) is 7.78. The molecule has 2 N–H and O–H groups in total. The van der Waals surface area contributed by atoms with Gasteiger partial charge in [0.15, 0.2) is 0 Å². The van der Waals surface area contributed by atoms with Gasteiger partial charge in [-0.3, -0.25) is 9.78 Å². The molecule has 1 amide bonds. The van der Waals surface area contributed by atoms with Crippen LogP contribution < -0.4 is 10.6 Å². The molecule has 0 aliphatic carbocycles. The largest absolute Gasteiger partial charge is 0.348 e. The number of rotatable bonds is 4. The van der Waals surface area contributed by atoms with Crippen molar-refractivity contribution in [1.82, 2.24) is 15.6 Å². The zero-order valence-electron chi connectivity index (χ0n) is 12.8. The van der Waals surface area contributed by atoms with Gasteiger partial charge in [-0.25, -0.2) is 0 Å². The number of amides is 1. The van der Waals surface area contributed by atoms with Crippen molar-refractivity contribution in [3.63, 3.8) is 0 Å². The standard InChI is InChI=1S/C18H21N3O/c1-13(21-18(22)17-3-2-10-20-17)14-4-6-15(7-5-14)16-8-11-19-12-9-16/h4-9,11-13,17,20H,2-3,10H2,1H3,(H,21,22). The predicted molar refractivity (Wildman–Crippen MR) is 87.3 cm³/mol. The minimum Gasteiger partial charge on any atom is -0.348 e. The number of hydrogen-bond donors (Lipinski definition) is 2. The van der Waals surface area contributed by atoms with E-state index in [-0.39, 0.29) is 18.0 Å². The van der Waals surface area contributed by atoms with Crippen molar-refractivity contribution in [1.29, 1.82) is 0 Å². The number of nitrogens with zero attached hydrogens (tertiary/aromatic N) is 1. The molecule has 3 rings (SSSR count). The van der Waals surface area contributed by atoms with Crippen molar-refractivity contribution in [2.75, 3.05) is 6.54 Å². The molecule has 1 aromatic carbocycles. The minimum absolute atomic E-state index is 0.0152. The van der Waals surface area contributed by atoms with Gasteiger partial charge in [-0.05, 0) is 55.1 Å². The predicted octanol–water partition coefficient (Wildman–Crippen LogP) is 2.68. The van der Waals surface area contributed by atoms with E-state index in [9.17, 15) is 4.79 Å². The molecule has 2 heterocycles. The number of nitrogens with one attached hydrogen (secondary N) is 2. The van der Waals surface area contributed by atoms with Crippen LogP contribution in [0.2, 0.25) is 0 Å². The van der Waals surface area contributed by atoms with Crippen LogP contribution >= 0.6 is 0 Å². The van der Waals surface area contributed by atoms with E-state index in [1.54, 1.807) is 12.4 Å². The van der Waals surface area contributed by atoms with Crippen LogP contribution in [0, 0.1) is 0 Å². The van der Waals surface area contributed by atoms with Crippen molar-refractivity contribution in [3.05, 3.63) is 54.4 Å². The highest BCUT2D eigenvalue weighted by molar-refractivity contribution is 5.82. The molecule has 1 saturated heterocycles. The molecule has 22 heavy (non-hydrogen) atoms. The molecule has 4 heteroatoms. The summed E-state index contributed by atoms with van der Waals surface area (Å²) in [5, 5.41) is 6.31. The zero-order chi connectivity index (χ0) is 15.4. The Kier molecular flexibility index (Phi) is 4.49. The van der Waals surface area contributed by atoms with Gasteiger partial charge in [-0.15, -0.1) is 0 Å². The first kappa shape index (κ1) is 14.7. The van der Waals surface area contributed by atoms with Gasteiger partial charge in [-0.1, -0.05) is 24.3 Å². The molecule has 114 valence electrons. The molecule has 0 spiro atoms. The Balaban J connectivity index is 1.66. The number of carbonyl (C=O) groups excluding carboxylic acids is 1. The summed E-state index contributed by atoms with van der Waals surface area (Å²) in [4.78, 5) is 16.2. The Bertz CT molecular complexity index is 619. The van der Waals surface area contributed by atoms with Gasteiger partial charge >= 0.3 is 0 Å². The average Bonchev–Trinajstić information content (AvgIpc) is 3.10. The zero-order valence-corrected chi connectivity index (χ0v) is 12.8. The Morgan fingerprint density at radius 2 is 1.86 bits per heavy atom. The maximum absolute atomic E-state index is 12.1. The summed E-state index contributed by atoms with van der Waals surface area (Å²) in [6.07, 6.45) is 5.59. The summed E-state index contributed by atoms with van der Waals surface area (Å²) >= 11 is 0. The van der Waals surface area contributed by atoms with Crippen molar-refractivity contribution >= 4 is 5.91 Å². The van der Waals surface area contributed by atoms with Crippen molar-refractivity contribution < 1.29 is 4.79 Å². The number of pyridine rings is 1. The van der Waals surface area contributed by atoms with Gasteiger partial charge in [0.1, 0.15) is 0 Å². The molecule has 2 atom stereocenters. The van der Waals surface area contributed by atoms with Crippen LogP contribution in [0.4, 0.5) is 0 Å². The Labute approximate surface area is 131 Å². The normalized spacial score (nSPS) is 18.9. The summed E-state index contributed by atoms with van der Waals surface area (Å²) in [7, 11) is 0. The van der Waals surface area contributed by atoms with Gasteiger partial charge in [-0.2, -0.15) is 0 Å². The third-order valence-electron chi connectivity index (χ3n) is 4.16. The fraction of sp³-hybridized carbons (Fsp3) is 0.333. The molecular weight excluding hydrogens is 274 g/mol. The summed E-state index contributed by atoms with van der Waals surface area (Å²) in [6.45, 7) is 2.96. The van der Waals surface area contributed by atoms with E-state index in [0.29, 0.717) is 0 Å². The first-order valence-corrected chi connectivity index (χ1v) is 7.78. The number of carbonyl (C=O) groups is 1. The second kappa shape index (κ2) is 6.71. The second-order valence-electron chi connectivity index (χ2n) is 5.74. The molecule has 0 radical (unpaired) electrons. The summed E-state index contributed by atoms with van der Waals surface area (Å²) < 4.78 is 0. The third kappa shape index (κ3) is 3.34. The SMILES string of the molecule is CC(NC(=O)C1CCCN1)c1ccc(-c2ccncc2)cc1. The molecule has 1 fully saturated rings. The summed E-state index contributed by atoms with van der Waals surface area (Å²) in [5.74, 6) is 0.100. The fourth-order valence-corrected chi connectivity index (χ4v) is 2.81. The quantitative estimate of drug-likeness (QED) is 0.912. The lowest BCUT2D eigenvalue weighted by molar-refractivity contribution is -0.123. The van der Waals surface area contributed by atoms with Gasteiger partial charge in [0, 0.05) is 12.4 Å². The van der Waals surface area contributed by atoms with Crippen LogP contribution in [-0.4, -0.2) is 23.5 Å². The van der Waals surface area contributed by atoms with Gasteiger partial charge in [0.2, 0.25) is 5.91 Å². The molecular formula is C18H21N3O. The first-order chi connectivity index (χ1) is 10.7. The molecule has 1 aliphatic rings. The molecule has 1 aliphatic heterocycles. The van der Waals surface area contributed by atoms with Crippen LogP contribution in [0.5, 0.6) is 0 Å². The lowest BCUT2D eigenvalue weighted by atomic mass is 10.0. The number of hydrogen-bond acceptors (Lipinski definition) is 3. The summed E-state index contributed by atoms with van der Waals surface area (Å²) in [6, 6.07) is 12.3. The number of benzene rings is 1. The molecule has 4 nitrogen and oxygen atoms in total. The molecule has 0 bridgehead atoms. The monoisotopic (exact) mass is 295 g/mol. The van der Waals surface area contributed by atoms with Crippen LogP contribution in [0.1, 0.15) is 31.4 Å². The lowest BCUT2D eigenvalue weighted by Gasteiger charge is -2.18. The van der Waals surface area contributed by atoms with E-state index in [1.165, 1.54) is 0 Å². The Morgan fingerprint density at radius 1 is 1.18 bits per heavy atom. The maximum atomic E-state index is 12.1. The smallest absolute Gasteiger partial charge is 0.237 e. The highest BCUT2D eigenvalue weighted by Gasteiger charge is 2.23. The topological polar surface area (TPSA) is 54.0 Å². The second-order valence-corrected chi connectivity index (χ2v) is 5.74. The van der Waals surface area contributed by atoms with E-state index >= 15 is 0 Å². The Morgan fingerprint density at radius 3 is 2.50 bits per heavy atom. The molecule has 2 aromatic rings.